The van der Waals surface area contributed by atoms with Crippen LogP contribution < -0.4 is 0 Å². The van der Waals surface area contributed by atoms with Gasteiger partial charge in [-0.25, -0.2) is 0 Å². The van der Waals surface area contributed by atoms with Crippen LogP contribution in [-0.2, 0) is 4.79 Å². The Labute approximate surface area is 49.9 Å². The second kappa shape index (κ2) is 2.51. The number of aldehydes is 1. The Morgan fingerprint density at radius 3 is 2.22 bits per heavy atom. The highest BCUT2D eigenvalue weighted by Crippen LogP contribution is 1.97. The molecule has 52 valence electrons. The van der Waals surface area contributed by atoms with Crippen molar-refractivity contribution in [3.8, 4) is 0 Å². The second-order valence-corrected chi connectivity index (χ2v) is 1.41. The van der Waals surface area contributed by atoms with Crippen molar-refractivity contribution in [1.29, 1.82) is 0 Å². The van der Waals surface area contributed by atoms with E-state index in [1.54, 1.807) is 0 Å². The number of hydrogen-bond donors (Lipinski definition) is 2. The van der Waals surface area contributed by atoms with E-state index in [1.807, 2.05) is 0 Å². The molecule has 6 nitrogen and oxygen atoms in total. The molecule has 2 N–H and O–H groups in total. The number of nitrogens with zero attached hydrogens (tertiary/aromatic N) is 1. The molecule has 0 aromatic heterocycles. The van der Waals surface area contributed by atoms with Gasteiger partial charge in [0.15, 0.2) is 0 Å². The summed E-state index contributed by atoms with van der Waals surface area (Å²) in [6.07, 6.45) is -0.326. The summed E-state index contributed by atoms with van der Waals surface area (Å²) in [7, 11) is 0. The third-order valence-electron chi connectivity index (χ3n) is 0.738. The van der Waals surface area contributed by atoms with Gasteiger partial charge in [-0.05, 0) is 0 Å². The Morgan fingerprint density at radius 2 is 2.22 bits per heavy atom. The van der Waals surface area contributed by atoms with Gasteiger partial charge < -0.3 is 10.2 Å². The molecule has 0 fully saturated rings. The molecule has 0 bridgehead atoms. The lowest BCUT2D eigenvalue weighted by Gasteiger charge is -2.06. The number of carbonyl (C=O) groups is 1. The molecule has 0 aliphatic carbocycles. The minimum Gasteiger partial charge on any atom is -0.385 e. The molecule has 0 aromatic rings. The van der Waals surface area contributed by atoms with Crippen LogP contribution in [-0.4, -0.2) is 33.8 Å². The summed E-state index contributed by atoms with van der Waals surface area (Å²) in [4.78, 5) is 18.0. The van der Waals surface area contributed by atoms with E-state index in [2.05, 4.69) is 0 Å². The maximum Gasteiger partial charge on any atom is 0.401 e. The lowest BCUT2D eigenvalue weighted by Crippen LogP contribution is -2.43. The van der Waals surface area contributed by atoms with Crippen molar-refractivity contribution >= 4 is 6.29 Å². The number of carbonyl (C=O) groups excluding carboxylic acids is 1. The van der Waals surface area contributed by atoms with E-state index < -0.39 is 17.3 Å². The topological polar surface area (TPSA) is 101 Å². The van der Waals surface area contributed by atoms with Crippen LogP contribution in [0.15, 0.2) is 0 Å². The predicted octanol–water partition coefficient (Wildman–Crippen LogP) is -1.86. The molecule has 0 aliphatic heterocycles. The molecule has 0 rings (SSSR count). The molecular weight excluding hydrogens is 130 g/mol. The largest absolute Gasteiger partial charge is 0.401 e. The maximum absolute atomic E-state index is 9.65. The van der Waals surface area contributed by atoms with Crippen molar-refractivity contribution < 1.29 is 19.9 Å². The van der Waals surface area contributed by atoms with Gasteiger partial charge in [-0.3, -0.25) is 14.9 Å². The fraction of sp³-hybridized carbons (Fsp3) is 0.667. The average molecular weight is 135 g/mol. The van der Waals surface area contributed by atoms with Crippen LogP contribution in [0.2, 0.25) is 0 Å². The van der Waals surface area contributed by atoms with Crippen molar-refractivity contribution in [2.75, 3.05) is 6.61 Å². The third kappa shape index (κ3) is 1.44. The molecule has 0 amide bonds. The summed E-state index contributed by atoms with van der Waals surface area (Å²) < 4.78 is 0. The van der Waals surface area contributed by atoms with Gasteiger partial charge in [0.1, 0.15) is 6.61 Å². The molecule has 0 aliphatic rings. The number of hydrogen-bond acceptors (Lipinski definition) is 5. The van der Waals surface area contributed by atoms with Crippen molar-refractivity contribution in [3.05, 3.63) is 10.1 Å². The number of aliphatic hydroxyl groups is 2. The fourth-order valence-electron chi connectivity index (χ4n) is 0.138. The van der Waals surface area contributed by atoms with Gasteiger partial charge in [0.05, 0.1) is 4.92 Å². The molecule has 6 heteroatoms. The monoisotopic (exact) mass is 135 g/mol. The highest BCUT2D eigenvalue weighted by Gasteiger charge is 2.39. The summed E-state index contributed by atoms with van der Waals surface area (Å²) >= 11 is 0. The lowest BCUT2D eigenvalue weighted by atomic mass is 10.3. The number of nitro groups is 1. The Kier molecular flexibility index (Phi) is 2.23. The van der Waals surface area contributed by atoms with Gasteiger partial charge in [0.25, 0.3) is 0 Å². The van der Waals surface area contributed by atoms with Gasteiger partial charge in [0, 0.05) is 0 Å². The molecule has 1 unspecified atom stereocenters. The van der Waals surface area contributed by atoms with Crippen molar-refractivity contribution in [1.82, 2.24) is 0 Å². The SMILES string of the molecule is O=CC(O)(CO)[N+](=O)[O-]. The molecular formula is C3H5NO5. The molecule has 0 saturated heterocycles. The molecule has 0 spiro atoms. The zero-order valence-electron chi connectivity index (χ0n) is 4.35. The summed E-state index contributed by atoms with van der Waals surface area (Å²) in [5.41, 5.74) is -2.82. The van der Waals surface area contributed by atoms with Gasteiger partial charge in [-0.2, -0.15) is 0 Å². The van der Waals surface area contributed by atoms with Crippen LogP contribution in [0.3, 0.4) is 0 Å². The minimum atomic E-state index is -2.82. The molecule has 0 radical (unpaired) electrons. The van der Waals surface area contributed by atoms with Crippen LogP contribution in [0.5, 0.6) is 0 Å². The van der Waals surface area contributed by atoms with E-state index >= 15 is 0 Å². The van der Waals surface area contributed by atoms with Gasteiger partial charge in [-0.1, -0.05) is 0 Å². The van der Waals surface area contributed by atoms with Gasteiger partial charge >= 0.3 is 5.72 Å². The van der Waals surface area contributed by atoms with E-state index in [0.29, 0.717) is 0 Å². The Balaban J connectivity index is 4.27. The van der Waals surface area contributed by atoms with Crippen LogP contribution in [0.25, 0.3) is 0 Å². The molecule has 0 saturated carbocycles. The summed E-state index contributed by atoms with van der Waals surface area (Å²) in [6, 6.07) is 0. The van der Waals surface area contributed by atoms with Crippen LogP contribution in [0.1, 0.15) is 0 Å². The molecule has 1 atom stereocenters. The van der Waals surface area contributed by atoms with Crippen molar-refractivity contribution in [2.24, 2.45) is 0 Å². The summed E-state index contributed by atoms with van der Waals surface area (Å²) in [5.74, 6) is 0. The maximum atomic E-state index is 9.65. The van der Waals surface area contributed by atoms with Gasteiger partial charge in [-0.15, -0.1) is 0 Å². The minimum absolute atomic E-state index is 0.326. The van der Waals surface area contributed by atoms with E-state index in [-0.39, 0.29) is 6.29 Å². The first-order valence-corrected chi connectivity index (χ1v) is 2.01. The smallest absolute Gasteiger partial charge is 0.385 e. The van der Waals surface area contributed by atoms with Crippen LogP contribution in [0.4, 0.5) is 0 Å². The van der Waals surface area contributed by atoms with Crippen molar-refractivity contribution in [2.45, 2.75) is 5.72 Å². The lowest BCUT2D eigenvalue weighted by molar-refractivity contribution is -0.604. The van der Waals surface area contributed by atoms with Crippen molar-refractivity contribution in [3.63, 3.8) is 0 Å². The third-order valence-corrected chi connectivity index (χ3v) is 0.738. The summed E-state index contributed by atoms with van der Waals surface area (Å²) in [6.45, 7) is -1.20. The first kappa shape index (κ1) is 7.99. The Morgan fingerprint density at radius 1 is 1.78 bits per heavy atom. The molecule has 9 heavy (non-hydrogen) atoms. The van der Waals surface area contributed by atoms with Crippen LogP contribution >= 0.6 is 0 Å². The standard InChI is InChI=1S/C3H5NO5/c5-1-3(7,2-6)4(8)9/h1,6-7H,2H2. The van der Waals surface area contributed by atoms with Crippen LogP contribution in [0, 0.1) is 10.1 Å². The second-order valence-electron chi connectivity index (χ2n) is 1.41. The number of rotatable bonds is 3. The van der Waals surface area contributed by atoms with Gasteiger partial charge in [0.2, 0.25) is 6.29 Å². The van der Waals surface area contributed by atoms with E-state index in [1.165, 1.54) is 0 Å². The fourth-order valence-corrected chi connectivity index (χ4v) is 0.138. The van der Waals surface area contributed by atoms with E-state index in [9.17, 15) is 14.9 Å². The highest BCUT2D eigenvalue weighted by atomic mass is 16.7. The zero-order valence-corrected chi connectivity index (χ0v) is 4.35. The number of aliphatic hydroxyl groups excluding tert-OH is 1. The first-order valence-electron chi connectivity index (χ1n) is 2.01. The van der Waals surface area contributed by atoms with E-state index in [4.69, 9.17) is 10.2 Å². The predicted molar refractivity (Wildman–Crippen MR) is 25.1 cm³/mol. The normalized spacial score (nSPS) is 16.2. The van der Waals surface area contributed by atoms with E-state index in [0.717, 1.165) is 0 Å². The Bertz CT molecular complexity index is 134. The Hall–Kier alpha value is -1.01. The average Bonchev–Trinajstić information content (AvgIpc) is 1.86. The molecule has 0 heterocycles. The highest BCUT2D eigenvalue weighted by molar-refractivity contribution is 5.59. The first-order chi connectivity index (χ1) is 4.06. The zero-order chi connectivity index (χ0) is 7.49. The summed E-state index contributed by atoms with van der Waals surface area (Å²) in [5, 5.41) is 26.1. The quantitative estimate of drug-likeness (QED) is 0.204. The molecule has 0 aromatic carbocycles.